The molecule has 26 heavy (non-hydrogen) atoms. The molecule has 1 saturated heterocycles. The predicted molar refractivity (Wildman–Crippen MR) is 101 cm³/mol. The van der Waals surface area contributed by atoms with Gasteiger partial charge in [0, 0.05) is 6.54 Å². The van der Waals surface area contributed by atoms with Gasteiger partial charge in [0.1, 0.15) is 5.54 Å². The molecule has 0 spiro atoms. The standard InChI is InChI=1S/C22H24N2O2/c1-22(19-13-12-17-10-5-11-18(17)15-19)20(25)24(21(26)23-22)14-6-9-16-7-3-2-4-8-16/h2-4,7-8,12-13,15H,5-6,9-11,14H2,1H3,(H,23,26). The van der Waals surface area contributed by atoms with Crippen LogP contribution in [-0.4, -0.2) is 23.4 Å². The number of carbonyl (C=O) groups excluding carboxylic acids is 2. The molecule has 4 rings (SSSR count). The third-order valence-electron chi connectivity index (χ3n) is 5.64. The molecule has 1 aliphatic heterocycles. The molecule has 1 heterocycles. The summed E-state index contributed by atoms with van der Waals surface area (Å²) in [5.41, 5.74) is 3.84. The van der Waals surface area contributed by atoms with E-state index >= 15 is 0 Å². The highest BCUT2D eigenvalue weighted by Crippen LogP contribution is 2.32. The van der Waals surface area contributed by atoms with Crippen molar-refractivity contribution in [3.05, 3.63) is 70.8 Å². The van der Waals surface area contributed by atoms with E-state index < -0.39 is 5.54 Å². The van der Waals surface area contributed by atoms with Crippen LogP contribution in [0.25, 0.3) is 0 Å². The number of hydrogen-bond acceptors (Lipinski definition) is 2. The van der Waals surface area contributed by atoms with Gasteiger partial charge >= 0.3 is 6.03 Å². The number of carbonyl (C=O) groups is 2. The van der Waals surface area contributed by atoms with Gasteiger partial charge in [0.25, 0.3) is 5.91 Å². The highest BCUT2D eigenvalue weighted by Gasteiger charge is 2.48. The predicted octanol–water partition coefficient (Wildman–Crippen LogP) is 3.58. The number of rotatable bonds is 5. The quantitative estimate of drug-likeness (QED) is 0.840. The number of benzene rings is 2. The highest BCUT2D eigenvalue weighted by molar-refractivity contribution is 6.07. The van der Waals surface area contributed by atoms with Crippen molar-refractivity contribution < 1.29 is 9.59 Å². The van der Waals surface area contributed by atoms with Crippen molar-refractivity contribution in [2.45, 2.75) is 44.6 Å². The minimum absolute atomic E-state index is 0.145. The average Bonchev–Trinajstić information content (AvgIpc) is 3.20. The Kier molecular flexibility index (Phi) is 4.27. The first-order chi connectivity index (χ1) is 12.6. The maximum atomic E-state index is 13.0. The van der Waals surface area contributed by atoms with Gasteiger partial charge in [0.15, 0.2) is 0 Å². The van der Waals surface area contributed by atoms with Gasteiger partial charge in [-0.2, -0.15) is 0 Å². The monoisotopic (exact) mass is 348 g/mol. The van der Waals surface area contributed by atoms with Crippen LogP contribution in [0, 0.1) is 0 Å². The van der Waals surface area contributed by atoms with Gasteiger partial charge in [-0.1, -0.05) is 48.5 Å². The molecule has 1 atom stereocenters. The van der Waals surface area contributed by atoms with Gasteiger partial charge in [0.05, 0.1) is 0 Å². The smallest absolute Gasteiger partial charge is 0.319 e. The van der Waals surface area contributed by atoms with Gasteiger partial charge in [-0.25, -0.2) is 4.79 Å². The molecule has 1 fully saturated rings. The molecular weight excluding hydrogens is 324 g/mol. The summed E-state index contributed by atoms with van der Waals surface area (Å²) in [7, 11) is 0. The number of aryl methyl sites for hydroxylation is 3. The lowest BCUT2D eigenvalue weighted by atomic mass is 9.89. The molecule has 0 radical (unpaired) electrons. The van der Waals surface area contributed by atoms with Gasteiger partial charge in [0.2, 0.25) is 0 Å². The molecule has 1 unspecified atom stereocenters. The second-order valence-electron chi connectivity index (χ2n) is 7.44. The van der Waals surface area contributed by atoms with Gasteiger partial charge in [-0.05, 0) is 61.3 Å². The average molecular weight is 348 g/mol. The molecule has 1 aliphatic carbocycles. The van der Waals surface area contributed by atoms with Crippen LogP contribution in [0.4, 0.5) is 4.79 Å². The summed E-state index contributed by atoms with van der Waals surface area (Å²) in [6, 6.07) is 16.1. The molecule has 2 aliphatic rings. The molecular formula is C22H24N2O2. The van der Waals surface area contributed by atoms with Crippen molar-refractivity contribution >= 4 is 11.9 Å². The summed E-state index contributed by atoms with van der Waals surface area (Å²) in [5, 5.41) is 2.92. The Morgan fingerprint density at radius 2 is 1.81 bits per heavy atom. The third-order valence-corrected chi connectivity index (χ3v) is 5.64. The number of fused-ring (bicyclic) bond motifs is 1. The van der Waals surface area contributed by atoms with Crippen LogP contribution < -0.4 is 5.32 Å². The summed E-state index contributed by atoms with van der Waals surface area (Å²) in [5.74, 6) is -0.145. The Labute approximate surface area is 154 Å². The first kappa shape index (κ1) is 16.8. The lowest BCUT2D eigenvalue weighted by molar-refractivity contribution is -0.131. The Morgan fingerprint density at radius 1 is 1.04 bits per heavy atom. The number of nitrogens with zero attached hydrogens (tertiary/aromatic N) is 1. The largest absolute Gasteiger partial charge is 0.325 e. The lowest BCUT2D eigenvalue weighted by Crippen LogP contribution is -2.41. The zero-order valence-corrected chi connectivity index (χ0v) is 15.1. The van der Waals surface area contributed by atoms with E-state index in [0.717, 1.165) is 31.2 Å². The fraction of sp³-hybridized carbons (Fsp3) is 0.364. The summed E-state index contributed by atoms with van der Waals surface area (Å²) < 4.78 is 0. The summed E-state index contributed by atoms with van der Waals surface area (Å²) in [4.78, 5) is 26.8. The van der Waals surface area contributed by atoms with Crippen molar-refractivity contribution in [2.24, 2.45) is 0 Å². The van der Waals surface area contributed by atoms with Crippen molar-refractivity contribution in [3.8, 4) is 0 Å². The van der Waals surface area contributed by atoms with E-state index in [2.05, 4.69) is 29.6 Å². The topological polar surface area (TPSA) is 49.4 Å². The first-order valence-electron chi connectivity index (χ1n) is 9.38. The van der Waals surface area contributed by atoms with E-state index in [-0.39, 0.29) is 11.9 Å². The molecule has 0 aromatic heterocycles. The number of imide groups is 1. The van der Waals surface area contributed by atoms with E-state index in [4.69, 9.17) is 0 Å². The van der Waals surface area contributed by atoms with E-state index in [1.807, 2.05) is 31.2 Å². The second-order valence-corrected chi connectivity index (χ2v) is 7.44. The number of nitrogens with one attached hydrogen (secondary N) is 1. The van der Waals surface area contributed by atoms with Crippen LogP contribution in [0.15, 0.2) is 48.5 Å². The van der Waals surface area contributed by atoms with E-state index in [0.29, 0.717) is 6.54 Å². The van der Waals surface area contributed by atoms with E-state index in [1.165, 1.54) is 28.0 Å². The Hall–Kier alpha value is -2.62. The fourth-order valence-corrected chi connectivity index (χ4v) is 4.06. The minimum atomic E-state index is -0.957. The summed E-state index contributed by atoms with van der Waals surface area (Å²) >= 11 is 0. The summed E-state index contributed by atoms with van der Waals surface area (Å²) in [6.45, 7) is 2.27. The molecule has 4 heteroatoms. The lowest BCUT2D eigenvalue weighted by Gasteiger charge is -2.23. The molecule has 0 saturated carbocycles. The first-order valence-corrected chi connectivity index (χ1v) is 9.38. The highest BCUT2D eigenvalue weighted by atomic mass is 16.2. The Balaban J connectivity index is 1.47. The molecule has 3 amide bonds. The minimum Gasteiger partial charge on any atom is -0.319 e. The van der Waals surface area contributed by atoms with Crippen molar-refractivity contribution in [1.29, 1.82) is 0 Å². The van der Waals surface area contributed by atoms with Crippen LogP contribution in [0.1, 0.15) is 42.0 Å². The van der Waals surface area contributed by atoms with Crippen molar-refractivity contribution in [2.75, 3.05) is 6.54 Å². The van der Waals surface area contributed by atoms with Crippen LogP contribution in [0.5, 0.6) is 0 Å². The summed E-state index contributed by atoms with van der Waals surface area (Å²) in [6.07, 6.45) is 4.96. The van der Waals surface area contributed by atoms with Gasteiger partial charge in [-0.3, -0.25) is 9.69 Å². The maximum absolute atomic E-state index is 13.0. The van der Waals surface area contributed by atoms with Crippen LogP contribution in [0.3, 0.4) is 0 Å². The normalized spacial score (nSPS) is 21.8. The van der Waals surface area contributed by atoms with Gasteiger partial charge in [-0.15, -0.1) is 0 Å². The molecule has 4 nitrogen and oxygen atoms in total. The maximum Gasteiger partial charge on any atom is 0.325 e. The molecule has 2 aromatic carbocycles. The Bertz CT molecular complexity index is 846. The number of hydrogen-bond donors (Lipinski definition) is 1. The zero-order valence-electron chi connectivity index (χ0n) is 15.1. The second kappa shape index (κ2) is 6.60. The van der Waals surface area contributed by atoms with E-state index in [9.17, 15) is 9.59 Å². The molecule has 1 N–H and O–H groups in total. The van der Waals surface area contributed by atoms with Crippen molar-refractivity contribution in [3.63, 3.8) is 0 Å². The SMILES string of the molecule is CC1(c2ccc3c(c2)CCC3)NC(=O)N(CCCc2ccccc2)C1=O. The van der Waals surface area contributed by atoms with Crippen LogP contribution >= 0.6 is 0 Å². The molecule has 134 valence electrons. The van der Waals surface area contributed by atoms with Gasteiger partial charge < -0.3 is 5.32 Å². The Morgan fingerprint density at radius 3 is 2.62 bits per heavy atom. The molecule has 2 aromatic rings. The number of urea groups is 1. The third kappa shape index (κ3) is 2.90. The fourth-order valence-electron chi connectivity index (χ4n) is 4.06. The molecule has 0 bridgehead atoms. The zero-order chi connectivity index (χ0) is 18.1. The van der Waals surface area contributed by atoms with Crippen LogP contribution in [0.2, 0.25) is 0 Å². The van der Waals surface area contributed by atoms with E-state index in [1.54, 1.807) is 0 Å². The van der Waals surface area contributed by atoms with Crippen LogP contribution in [-0.2, 0) is 29.6 Å². The van der Waals surface area contributed by atoms with Crippen molar-refractivity contribution in [1.82, 2.24) is 10.2 Å². The number of amides is 3.